The molecule has 1 aliphatic heterocycles. The predicted molar refractivity (Wildman–Crippen MR) is 112 cm³/mol. The number of methoxy groups -OCH3 is 2. The third kappa shape index (κ3) is 4.42. The van der Waals surface area contributed by atoms with Crippen LogP contribution >= 0.6 is 0 Å². The quantitative estimate of drug-likeness (QED) is 0.609. The van der Waals surface area contributed by atoms with Crippen LogP contribution in [0.4, 0.5) is 5.69 Å². The van der Waals surface area contributed by atoms with E-state index in [-0.39, 0.29) is 5.75 Å². The van der Waals surface area contributed by atoms with Crippen LogP contribution in [0.15, 0.2) is 47.5 Å². The van der Waals surface area contributed by atoms with Crippen LogP contribution in [0.3, 0.4) is 0 Å². The molecular formula is C21H28N4O3. The van der Waals surface area contributed by atoms with Crippen LogP contribution in [0.1, 0.15) is 5.56 Å². The highest BCUT2D eigenvalue weighted by atomic mass is 16.5. The van der Waals surface area contributed by atoms with Gasteiger partial charge in [-0.05, 0) is 29.8 Å². The predicted octanol–water partition coefficient (Wildman–Crippen LogP) is 2.31. The lowest BCUT2D eigenvalue weighted by molar-refractivity contribution is 0.339. The number of nitrogens with zero attached hydrogens (tertiary/aromatic N) is 3. The number of hydrogen-bond donors (Lipinski definition) is 2. The van der Waals surface area contributed by atoms with E-state index in [1.54, 1.807) is 19.2 Å². The highest BCUT2D eigenvalue weighted by Gasteiger charge is 2.20. The molecule has 0 unspecified atom stereocenters. The van der Waals surface area contributed by atoms with Crippen LogP contribution in [-0.2, 0) is 6.54 Å². The van der Waals surface area contributed by atoms with Gasteiger partial charge in [-0.2, -0.15) is 0 Å². The fourth-order valence-corrected chi connectivity index (χ4v) is 3.38. The number of phenols is 1. The zero-order chi connectivity index (χ0) is 19.9. The Morgan fingerprint density at radius 1 is 1.04 bits per heavy atom. The van der Waals surface area contributed by atoms with Gasteiger partial charge in [-0.25, -0.2) is 0 Å². The summed E-state index contributed by atoms with van der Waals surface area (Å²) in [7, 11) is 4.84. The van der Waals surface area contributed by atoms with Crippen LogP contribution in [0.2, 0.25) is 0 Å². The monoisotopic (exact) mass is 384 g/mol. The lowest BCUT2D eigenvalue weighted by Crippen LogP contribution is -2.52. The molecular weight excluding hydrogens is 356 g/mol. The van der Waals surface area contributed by atoms with E-state index < -0.39 is 0 Å². The highest BCUT2D eigenvalue weighted by molar-refractivity contribution is 5.80. The zero-order valence-electron chi connectivity index (χ0n) is 16.7. The molecule has 7 heteroatoms. The van der Waals surface area contributed by atoms with Crippen molar-refractivity contribution in [2.75, 3.05) is 52.3 Å². The van der Waals surface area contributed by atoms with E-state index in [9.17, 15) is 5.11 Å². The number of nitrogens with one attached hydrogen (secondary N) is 1. The molecule has 0 radical (unpaired) electrons. The number of rotatable bonds is 5. The molecule has 0 atom stereocenters. The second-order valence-electron chi connectivity index (χ2n) is 6.56. The van der Waals surface area contributed by atoms with Gasteiger partial charge in [-0.1, -0.05) is 18.2 Å². The summed E-state index contributed by atoms with van der Waals surface area (Å²) in [6.45, 7) is 4.25. The van der Waals surface area contributed by atoms with E-state index >= 15 is 0 Å². The van der Waals surface area contributed by atoms with Gasteiger partial charge in [-0.15, -0.1) is 0 Å². The average Bonchev–Trinajstić information content (AvgIpc) is 2.76. The van der Waals surface area contributed by atoms with Crippen LogP contribution in [0.5, 0.6) is 17.2 Å². The van der Waals surface area contributed by atoms with Gasteiger partial charge in [-0.3, -0.25) is 4.99 Å². The van der Waals surface area contributed by atoms with E-state index in [0.29, 0.717) is 18.0 Å². The van der Waals surface area contributed by atoms with Crippen molar-refractivity contribution >= 4 is 11.6 Å². The van der Waals surface area contributed by atoms with Crippen molar-refractivity contribution in [1.82, 2.24) is 10.2 Å². The van der Waals surface area contributed by atoms with Gasteiger partial charge in [0.05, 0.1) is 14.2 Å². The number of para-hydroxylation sites is 1. The van der Waals surface area contributed by atoms with Gasteiger partial charge in [0.2, 0.25) is 5.75 Å². The normalized spacial score (nSPS) is 14.8. The molecule has 1 heterocycles. The molecule has 1 aliphatic rings. The smallest absolute Gasteiger partial charge is 0.200 e. The van der Waals surface area contributed by atoms with Gasteiger partial charge in [0.1, 0.15) is 0 Å². The van der Waals surface area contributed by atoms with Gasteiger partial charge in [0.25, 0.3) is 0 Å². The van der Waals surface area contributed by atoms with Crippen LogP contribution in [0.25, 0.3) is 0 Å². The van der Waals surface area contributed by atoms with Crippen molar-refractivity contribution in [1.29, 1.82) is 0 Å². The maximum Gasteiger partial charge on any atom is 0.200 e. The minimum absolute atomic E-state index is 0.00941. The van der Waals surface area contributed by atoms with E-state index in [2.05, 4.69) is 44.4 Å². The summed E-state index contributed by atoms with van der Waals surface area (Å²) in [6.07, 6.45) is 0. The Balaban J connectivity index is 1.60. The Morgan fingerprint density at radius 3 is 2.18 bits per heavy atom. The molecule has 1 fully saturated rings. The van der Waals surface area contributed by atoms with Crippen LogP contribution in [0, 0.1) is 0 Å². The number of phenolic OH excluding ortho intramolecular Hbond substituents is 1. The van der Waals surface area contributed by atoms with Crippen molar-refractivity contribution in [3.8, 4) is 17.2 Å². The van der Waals surface area contributed by atoms with E-state index in [1.807, 2.05) is 6.07 Å². The molecule has 0 spiro atoms. The number of benzene rings is 2. The number of anilines is 1. The van der Waals surface area contributed by atoms with Crippen molar-refractivity contribution < 1.29 is 14.6 Å². The summed E-state index contributed by atoms with van der Waals surface area (Å²) in [5, 5.41) is 13.4. The molecule has 0 saturated carbocycles. The molecule has 2 N–H and O–H groups in total. The third-order valence-electron chi connectivity index (χ3n) is 4.90. The van der Waals surface area contributed by atoms with E-state index in [1.165, 1.54) is 19.9 Å². The fourth-order valence-electron chi connectivity index (χ4n) is 3.38. The Bertz CT molecular complexity index is 778. The first-order chi connectivity index (χ1) is 13.7. The molecule has 150 valence electrons. The Labute approximate surface area is 166 Å². The second kappa shape index (κ2) is 9.21. The van der Waals surface area contributed by atoms with Gasteiger partial charge < -0.3 is 29.7 Å². The number of piperazine rings is 1. The SMILES string of the molecule is CN=C(NCc1cc(OC)c(O)c(OC)c1)N1CCN(c2ccccc2)CC1. The minimum atomic E-state index is 0.00941. The summed E-state index contributed by atoms with van der Waals surface area (Å²) in [6, 6.07) is 14.1. The Morgan fingerprint density at radius 2 is 1.64 bits per heavy atom. The molecule has 3 rings (SSSR count). The van der Waals surface area contributed by atoms with Gasteiger partial charge >= 0.3 is 0 Å². The molecule has 2 aromatic rings. The summed E-state index contributed by atoms with van der Waals surface area (Å²) >= 11 is 0. The van der Waals surface area contributed by atoms with Crippen molar-refractivity contribution in [2.24, 2.45) is 4.99 Å². The first kappa shape index (κ1) is 19.7. The fraction of sp³-hybridized carbons (Fsp3) is 0.381. The number of hydrogen-bond acceptors (Lipinski definition) is 5. The first-order valence-corrected chi connectivity index (χ1v) is 9.35. The molecule has 0 bridgehead atoms. The Hall–Kier alpha value is -3.09. The number of ether oxygens (including phenoxy) is 2. The summed E-state index contributed by atoms with van der Waals surface area (Å²) in [5.74, 6) is 1.65. The lowest BCUT2D eigenvalue weighted by Gasteiger charge is -2.37. The zero-order valence-corrected chi connectivity index (χ0v) is 16.7. The molecule has 1 saturated heterocycles. The molecule has 7 nitrogen and oxygen atoms in total. The Kier molecular flexibility index (Phi) is 6.47. The van der Waals surface area contributed by atoms with E-state index in [4.69, 9.17) is 9.47 Å². The molecule has 2 aromatic carbocycles. The van der Waals surface area contributed by atoms with Crippen LogP contribution < -0.4 is 19.7 Å². The summed E-state index contributed by atoms with van der Waals surface area (Å²) in [5.41, 5.74) is 2.20. The van der Waals surface area contributed by atoms with Crippen molar-refractivity contribution in [3.05, 3.63) is 48.0 Å². The molecule has 0 aromatic heterocycles. The third-order valence-corrected chi connectivity index (χ3v) is 4.90. The highest BCUT2D eigenvalue weighted by Crippen LogP contribution is 2.37. The van der Waals surface area contributed by atoms with Gasteiger partial charge in [0, 0.05) is 45.5 Å². The average molecular weight is 384 g/mol. The maximum atomic E-state index is 10.1. The number of aromatic hydroxyl groups is 1. The van der Waals surface area contributed by atoms with Crippen molar-refractivity contribution in [2.45, 2.75) is 6.54 Å². The largest absolute Gasteiger partial charge is 0.502 e. The number of aliphatic imine (C=N–C) groups is 1. The van der Waals surface area contributed by atoms with E-state index in [0.717, 1.165) is 37.7 Å². The van der Waals surface area contributed by atoms with Crippen LogP contribution in [-0.4, -0.2) is 63.4 Å². The van der Waals surface area contributed by atoms with Gasteiger partial charge in [0.15, 0.2) is 17.5 Å². The lowest BCUT2D eigenvalue weighted by atomic mass is 10.2. The standard InChI is InChI=1S/C21H28N4O3/c1-22-21(23-15-16-13-18(27-2)20(26)19(14-16)28-3)25-11-9-24(10-12-25)17-7-5-4-6-8-17/h4-8,13-14,26H,9-12,15H2,1-3H3,(H,22,23). The summed E-state index contributed by atoms with van der Waals surface area (Å²) in [4.78, 5) is 9.07. The topological polar surface area (TPSA) is 69.6 Å². The molecule has 0 aliphatic carbocycles. The molecule has 0 amide bonds. The molecule has 28 heavy (non-hydrogen) atoms. The summed E-state index contributed by atoms with van der Waals surface area (Å²) < 4.78 is 10.5. The second-order valence-corrected chi connectivity index (χ2v) is 6.56. The van der Waals surface area contributed by atoms with Crippen molar-refractivity contribution in [3.63, 3.8) is 0 Å². The number of guanidine groups is 1. The first-order valence-electron chi connectivity index (χ1n) is 9.35. The minimum Gasteiger partial charge on any atom is -0.502 e. The maximum absolute atomic E-state index is 10.1.